The molecule has 1 aliphatic rings. The third kappa shape index (κ3) is 5.46. The number of ether oxygens (including phenoxy) is 1. The van der Waals surface area contributed by atoms with Gasteiger partial charge in [0.2, 0.25) is 5.91 Å². The van der Waals surface area contributed by atoms with Gasteiger partial charge in [-0.15, -0.1) is 0 Å². The van der Waals surface area contributed by atoms with Crippen LogP contribution >= 0.6 is 23.4 Å². The molecule has 0 spiro atoms. The number of amides is 1. The lowest BCUT2D eigenvalue weighted by Crippen LogP contribution is -2.19. The van der Waals surface area contributed by atoms with Crippen molar-refractivity contribution in [2.75, 3.05) is 17.7 Å². The topological polar surface area (TPSA) is 56.2 Å². The maximum atomic E-state index is 13.2. The van der Waals surface area contributed by atoms with Gasteiger partial charge in [0.05, 0.1) is 35.3 Å². The van der Waals surface area contributed by atoms with Crippen molar-refractivity contribution in [3.05, 3.63) is 40.2 Å². The number of thioether (sulfide) groups is 1. The van der Waals surface area contributed by atoms with Crippen LogP contribution in [0.2, 0.25) is 5.02 Å². The lowest BCUT2D eigenvalue weighted by atomic mass is 10.1. The summed E-state index contributed by atoms with van der Waals surface area (Å²) in [6.07, 6.45) is -2.52. The van der Waals surface area contributed by atoms with Gasteiger partial charge in [0, 0.05) is 17.3 Å². The van der Waals surface area contributed by atoms with Crippen molar-refractivity contribution in [2.45, 2.75) is 50.7 Å². The summed E-state index contributed by atoms with van der Waals surface area (Å²) in [5.41, 5.74) is 0.543. The van der Waals surface area contributed by atoms with Gasteiger partial charge in [0.1, 0.15) is 0 Å². The summed E-state index contributed by atoms with van der Waals surface area (Å²) in [6.45, 7) is 5.22. The minimum Gasteiger partial charge on any atom is -0.376 e. The lowest BCUT2D eigenvalue weighted by Gasteiger charge is -2.15. The van der Waals surface area contributed by atoms with Crippen LogP contribution in [0.3, 0.4) is 0 Å². The lowest BCUT2D eigenvalue weighted by molar-refractivity contribution is -0.137. The molecule has 10 heteroatoms. The first-order valence-electron chi connectivity index (χ1n) is 9.10. The van der Waals surface area contributed by atoms with Crippen LogP contribution in [0.25, 0.3) is 0 Å². The Bertz CT molecular complexity index is 896. The normalized spacial score (nSPS) is 17.0. The van der Waals surface area contributed by atoms with Crippen LogP contribution in [0.1, 0.15) is 29.8 Å². The molecule has 0 aliphatic carbocycles. The van der Waals surface area contributed by atoms with E-state index in [0.717, 1.165) is 43.0 Å². The molecule has 1 atom stereocenters. The van der Waals surface area contributed by atoms with Gasteiger partial charge >= 0.3 is 6.18 Å². The molecule has 5 nitrogen and oxygen atoms in total. The van der Waals surface area contributed by atoms with Gasteiger partial charge in [-0.05, 0) is 44.9 Å². The fourth-order valence-corrected chi connectivity index (χ4v) is 4.19. The Hall–Kier alpha value is -1.71. The van der Waals surface area contributed by atoms with Crippen molar-refractivity contribution >= 4 is 35.0 Å². The first-order valence-corrected chi connectivity index (χ1v) is 10.5. The zero-order valence-corrected chi connectivity index (χ0v) is 17.5. The van der Waals surface area contributed by atoms with E-state index in [1.807, 2.05) is 18.4 Å². The highest BCUT2D eigenvalue weighted by Gasteiger charge is 2.34. The van der Waals surface area contributed by atoms with Crippen molar-refractivity contribution in [1.82, 2.24) is 9.55 Å². The Morgan fingerprint density at radius 1 is 1.41 bits per heavy atom. The third-order valence-electron chi connectivity index (χ3n) is 4.73. The van der Waals surface area contributed by atoms with Gasteiger partial charge < -0.3 is 14.6 Å². The Morgan fingerprint density at radius 2 is 2.17 bits per heavy atom. The fraction of sp³-hybridized carbons (Fsp3) is 0.474. The van der Waals surface area contributed by atoms with Crippen LogP contribution in [0.5, 0.6) is 0 Å². The highest BCUT2D eigenvalue weighted by Crippen LogP contribution is 2.36. The molecule has 1 aliphatic heterocycles. The minimum absolute atomic E-state index is 0.0493. The van der Waals surface area contributed by atoms with Gasteiger partial charge in [-0.2, -0.15) is 13.2 Å². The van der Waals surface area contributed by atoms with Crippen molar-refractivity contribution in [3.8, 4) is 0 Å². The molecule has 3 rings (SSSR count). The van der Waals surface area contributed by atoms with E-state index in [0.29, 0.717) is 11.7 Å². The molecular formula is C19H21ClF3N3O2S. The molecule has 1 amide bonds. The molecule has 158 valence electrons. The quantitative estimate of drug-likeness (QED) is 0.627. The Morgan fingerprint density at radius 3 is 2.83 bits per heavy atom. The van der Waals surface area contributed by atoms with Crippen molar-refractivity contribution < 1.29 is 22.7 Å². The van der Waals surface area contributed by atoms with Crippen LogP contribution in [-0.2, 0) is 22.3 Å². The number of hydrogen-bond donors (Lipinski definition) is 1. The summed E-state index contributed by atoms with van der Waals surface area (Å²) in [6, 6.07) is 3.26. The third-order valence-corrected chi connectivity index (χ3v) is 5.94. The van der Waals surface area contributed by atoms with Crippen molar-refractivity contribution in [1.29, 1.82) is 0 Å². The number of carbonyl (C=O) groups excluding carboxylic acids is 1. The maximum Gasteiger partial charge on any atom is 0.418 e. The summed E-state index contributed by atoms with van der Waals surface area (Å²) >= 11 is 6.85. The maximum absolute atomic E-state index is 13.2. The highest BCUT2D eigenvalue weighted by molar-refractivity contribution is 7.99. The molecule has 2 aromatic rings. The number of halogens is 4. The number of imidazole rings is 1. The predicted octanol–water partition coefficient (Wildman–Crippen LogP) is 5.08. The zero-order valence-electron chi connectivity index (χ0n) is 16.0. The Balaban J connectivity index is 1.68. The number of nitrogens with one attached hydrogen (secondary N) is 1. The molecule has 1 N–H and O–H groups in total. The number of aryl methyl sites for hydroxylation is 1. The number of rotatable bonds is 6. The predicted molar refractivity (Wildman–Crippen MR) is 106 cm³/mol. The second-order valence-corrected chi connectivity index (χ2v) is 8.21. The fourth-order valence-electron chi connectivity index (χ4n) is 3.12. The van der Waals surface area contributed by atoms with E-state index >= 15 is 0 Å². The largest absolute Gasteiger partial charge is 0.418 e. The second-order valence-electron chi connectivity index (χ2n) is 6.84. The smallest absolute Gasteiger partial charge is 0.376 e. The van der Waals surface area contributed by atoms with E-state index in [-0.39, 0.29) is 22.6 Å². The summed E-state index contributed by atoms with van der Waals surface area (Å²) in [5.74, 6) is -0.619. The molecule has 0 unspecified atom stereocenters. The van der Waals surface area contributed by atoms with Gasteiger partial charge in [0.15, 0.2) is 5.16 Å². The minimum atomic E-state index is -4.62. The molecule has 0 bridgehead atoms. The average Bonchev–Trinajstić information content (AvgIpc) is 3.25. The molecule has 0 saturated carbocycles. The van der Waals surface area contributed by atoms with Gasteiger partial charge in [-0.25, -0.2) is 4.98 Å². The number of anilines is 1. The molecule has 0 radical (unpaired) electrons. The molecule has 2 heterocycles. The van der Waals surface area contributed by atoms with E-state index < -0.39 is 17.6 Å². The first kappa shape index (κ1) is 22.0. The van der Waals surface area contributed by atoms with Crippen LogP contribution in [-0.4, -0.2) is 33.9 Å². The molecule has 29 heavy (non-hydrogen) atoms. The number of alkyl halides is 3. The highest BCUT2D eigenvalue weighted by atomic mass is 35.5. The number of carbonyl (C=O) groups is 1. The number of aromatic nitrogens is 2. The Kier molecular flexibility index (Phi) is 6.80. The van der Waals surface area contributed by atoms with Gasteiger partial charge in [-0.1, -0.05) is 23.4 Å². The second kappa shape index (κ2) is 8.97. The SMILES string of the molecule is Cc1nc(SCC(=O)Nc2ccc(Cl)cc2C(F)(F)F)n(C[C@@H]2CCCO2)c1C. The van der Waals surface area contributed by atoms with E-state index in [4.69, 9.17) is 16.3 Å². The van der Waals surface area contributed by atoms with Gasteiger partial charge in [0.25, 0.3) is 0 Å². The zero-order chi connectivity index (χ0) is 21.2. The first-order chi connectivity index (χ1) is 13.6. The Labute approximate surface area is 176 Å². The summed E-state index contributed by atoms with van der Waals surface area (Å²) < 4.78 is 47.2. The molecule has 1 aromatic carbocycles. The summed E-state index contributed by atoms with van der Waals surface area (Å²) in [4.78, 5) is 16.8. The molecular weight excluding hydrogens is 427 g/mol. The average molecular weight is 448 g/mol. The van der Waals surface area contributed by atoms with E-state index in [1.165, 1.54) is 17.8 Å². The standard InChI is InChI=1S/C19H21ClF3N3O2S/c1-11-12(2)26(9-14-4-3-7-28-14)18(24-11)29-10-17(27)25-16-6-5-13(20)8-15(16)19(21,22)23/h5-6,8,14H,3-4,7,9-10H2,1-2H3,(H,25,27)/t14-/m0/s1. The van der Waals surface area contributed by atoms with Gasteiger partial charge in [-0.3, -0.25) is 4.79 Å². The summed E-state index contributed by atoms with van der Waals surface area (Å²) in [7, 11) is 0. The number of benzene rings is 1. The van der Waals surface area contributed by atoms with Crippen molar-refractivity contribution in [3.63, 3.8) is 0 Å². The number of nitrogens with zero attached hydrogens (tertiary/aromatic N) is 2. The molecule has 1 aromatic heterocycles. The van der Waals surface area contributed by atoms with E-state index in [9.17, 15) is 18.0 Å². The van der Waals surface area contributed by atoms with Crippen LogP contribution < -0.4 is 5.32 Å². The monoisotopic (exact) mass is 447 g/mol. The molecule has 1 saturated heterocycles. The van der Waals surface area contributed by atoms with E-state index in [1.54, 1.807) is 0 Å². The van der Waals surface area contributed by atoms with Crippen LogP contribution in [0.4, 0.5) is 18.9 Å². The summed E-state index contributed by atoms with van der Waals surface area (Å²) in [5, 5.41) is 2.93. The number of hydrogen-bond acceptors (Lipinski definition) is 4. The molecule has 1 fully saturated rings. The van der Waals surface area contributed by atoms with Crippen LogP contribution in [0.15, 0.2) is 23.4 Å². The van der Waals surface area contributed by atoms with E-state index in [2.05, 4.69) is 10.3 Å². The van der Waals surface area contributed by atoms with Crippen molar-refractivity contribution in [2.24, 2.45) is 0 Å². The van der Waals surface area contributed by atoms with Crippen LogP contribution in [0, 0.1) is 13.8 Å².